The van der Waals surface area contributed by atoms with Crippen molar-refractivity contribution in [3.63, 3.8) is 0 Å². The molecule has 102 valence electrons. The summed E-state index contributed by atoms with van der Waals surface area (Å²) in [4.78, 5) is 0. The third kappa shape index (κ3) is 1.98. The fraction of sp³-hybridized carbons (Fsp3) is 0.200. The summed E-state index contributed by atoms with van der Waals surface area (Å²) in [6.45, 7) is 0.882. The normalized spacial score (nSPS) is 18.9. The Bertz CT molecular complexity index is 674. The smallest absolute Gasteiger partial charge is 0.231 e. The molecule has 0 spiro atoms. The Morgan fingerprint density at radius 2 is 1.85 bits per heavy atom. The monoisotopic (exact) mass is 333 g/mol. The highest BCUT2D eigenvalue weighted by Gasteiger charge is 2.23. The Balaban J connectivity index is 1.63. The quantitative estimate of drug-likeness (QED) is 0.863. The van der Waals surface area contributed by atoms with E-state index < -0.39 is 0 Å². The Hall–Kier alpha value is -1.88. The minimum Gasteiger partial charge on any atom is -0.489 e. The van der Waals surface area contributed by atoms with Gasteiger partial charge in [-0.3, -0.25) is 0 Å². The average molecular weight is 334 g/mol. The van der Waals surface area contributed by atoms with Gasteiger partial charge in [0.25, 0.3) is 0 Å². The first-order valence-electron chi connectivity index (χ1n) is 6.38. The maximum Gasteiger partial charge on any atom is 0.231 e. The summed E-state index contributed by atoms with van der Waals surface area (Å²) < 4.78 is 17.6. The molecule has 0 amide bonds. The van der Waals surface area contributed by atoms with Crippen molar-refractivity contribution in [1.82, 2.24) is 0 Å². The molecule has 2 heterocycles. The Morgan fingerprint density at radius 3 is 2.80 bits per heavy atom. The van der Waals surface area contributed by atoms with E-state index in [9.17, 15) is 0 Å². The highest BCUT2D eigenvalue weighted by atomic mass is 79.9. The third-order valence-electron chi connectivity index (χ3n) is 3.48. The van der Waals surface area contributed by atoms with Crippen LogP contribution in [0.4, 0.5) is 5.69 Å². The van der Waals surface area contributed by atoms with Gasteiger partial charge in [0.05, 0.1) is 11.7 Å². The molecule has 2 aromatic carbocycles. The summed E-state index contributed by atoms with van der Waals surface area (Å²) in [5.74, 6) is 2.47. The number of nitrogens with one attached hydrogen (secondary N) is 1. The van der Waals surface area contributed by atoms with Crippen LogP contribution in [0.1, 0.15) is 11.6 Å². The van der Waals surface area contributed by atoms with E-state index in [1.165, 1.54) is 0 Å². The largest absolute Gasteiger partial charge is 0.489 e. The molecule has 0 fully saturated rings. The zero-order valence-corrected chi connectivity index (χ0v) is 12.1. The van der Waals surface area contributed by atoms with Crippen molar-refractivity contribution in [3.8, 4) is 17.2 Å². The molecule has 2 aliphatic rings. The van der Waals surface area contributed by atoms with Gasteiger partial charge in [-0.15, -0.1) is 0 Å². The Labute approximate surface area is 124 Å². The van der Waals surface area contributed by atoms with Crippen LogP contribution >= 0.6 is 15.9 Å². The van der Waals surface area contributed by atoms with Crippen LogP contribution in [-0.2, 0) is 0 Å². The van der Waals surface area contributed by atoms with E-state index in [0.717, 1.165) is 33.0 Å². The highest BCUT2D eigenvalue weighted by Crippen LogP contribution is 2.39. The van der Waals surface area contributed by atoms with Gasteiger partial charge in [-0.05, 0) is 35.9 Å². The molecule has 2 aromatic rings. The van der Waals surface area contributed by atoms with Gasteiger partial charge in [-0.2, -0.15) is 0 Å². The second-order valence-electron chi connectivity index (χ2n) is 4.76. The summed E-state index contributed by atoms with van der Waals surface area (Å²) in [5.41, 5.74) is 2.13. The summed E-state index contributed by atoms with van der Waals surface area (Å²) in [6.07, 6.45) is 0. The van der Waals surface area contributed by atoms with E-state index in [-0.39, 0.29) is 6.04 Å². The van der Waals surface area contributed by atoms with E-state index in [1.807, 2.05) is 36.4 Å². The molecular formula is C15H12BrNO3. The van der Waals surface area contributed by atoms with Gasteiger partial charge in [0.1, 0.15) is 12.4 Å². The van der Waals surface area contributed by atoms with Crippen molar-refractivity contribution < 1.29 is 14.2 Å². The molecule has 2 aliphatic heterocycles. The predicted molar refractivity (Wildman–Crippen MR) is 78.6 cm³/mol. The maximum atomic E-state index is 5.83. The predicted octanol–water partition coefficient (Wildman–Crippen LogP) is 3.72. The molecule has 4 nitrogen and oxygen atoms in total. The lowest BCUT2D eigenvalue weighted by Gasteiger charge is -2.28. The first-order chi connectivity index (χ1) is 9.79. The second-order valence-corrected chi connectivity index (χ2v) is 5.68. The highest BCUT2D eigenvalue weighted by molar-refractivity contribution is 9.10. The van der Waals surface area contributed by atoms with E-state index in [2.05, 4.69) is 21.2 Å². The van der Waals surface area contributed by atoms with Crippen molar-refractivity contribution in [2.45, 2.75) is 6.04 Å². The van der Waals surface area contributed by atoms with Crippen LogP contribution in [0.25, 0.3) is 0 Å². The van der Waals surface area contributed by atoms with Crippen LogP contribution in [0.2, 0.25) is 0 Å². The molecular weight excluding hydrogens is 322 g/mol. The van der Waals surface area contributed by atoms with Crippen LogP contribution < -0.4 is 19.5 Å². The number of halogens is 1. The zero-order chi connectivity index (χ0) is 13.5. The topological polar surface area (TPSA) is 39.7 Å². The Morgan fingerprint density at radius 1 is 0.950 bits per heavy atom. The molecule has 1 N–H and O–H groups in total. The van der Waals surface area contributed by atoms with E-state index >= 15 is 0 Å². The van der Waals surface area contributed by atoms with Crippen molar-refractivity contribution >= 4 is 21.6 Å². The van der Waals surface area contributed by atoms with Gasteiger partial charge < -0.3 is 19.5 Å². The zero-order valence-electron chi connectivity index (χ0n) is 10.6. The van der Waals surface area contributed by atoms with E-state index in [0.29, 0.717) is 13.4 Å². The molecule has 1 unspecified atom stereocenters. The van der Waals surface area contributed by atoms with Gasteiger partial charge >= 0.3 is 0 Å². The van der Waals surface area contributed by atoms with Crippen molar-refractivity contribution in [2.75, 3.05) is 18.7 Å². The molecule has 20 heavy (non-hydrogen) atoms. The molecule has 0 saturated heterocycles. The SMILES string of the molecule is Brc1ccc2c(c1)OCC(c1ccc3c(c1)OCO3)N2. The molecule has 1 atom stereocenters. The number of rotatable bonds is 1. The average Bonchev–Trinajstić information content (AvgIpc) is 2.94. The lowest BCUT2D eigenvalue weighted by molar-refractivity contribution is 0.174. The summed E-state index contributed by atoms with van der Waals surface area (Å²) >= 11 is 3.45. The molecule has 0 bridgehead atoms. The van der Waals surface area contributed by atoms with Crippen LogP contribution in [-0.4, -0.2) is 13.4 Å². The van der Waals surface area contributed by atoms with Crippen molar-refractivity contribution in [3.05, 3.63) is 46.4 Å². The number of hydrogen-bond donors (Lipinski definition) is 1. The number of anilines is 1. The van der Waals surface area contributed by atoms with Gasteiger partial charge in [-0.25, -0.2) is 0 Å². The lowest BCUT2D eigenvalue weighted by Crippen LogP contribution is -2.23. The fourth-order valence-electron chi connectivity index (χ4n) is 2.45. The van der Waals surface area contributed by atoms with E-state index in [4.69, 9.17) is 14.2 Å². The van der Waals surface area contributed by atoms with Crippen LogP contribution in [0.15, 0.2) is 40.9 Å². The molecule has 0 saturated carbocycles. The standard InChI is InChI=1S/C15H12BrNO3/c16-10-2-3-11-14(6-10)18-7-12(17-11)9-1-4-13-15(5-9)20-8-19-13/h1-6,12,17H,7-8H2. The summed E-state index contributed by atoms with van der Waals surface area (Å²) in [6, 6.07) is 12.1. The third-order valence-corrected chi connectivity index (χ3v) is 3.97. The van der Waals surface area contributed by atoms with E-state index in [1.54, 1.807) is 0 Å². The number of fused-ring (bicyclic) bond motifs is 2. The summed E-state index contributed by atoms with van der Waals surface area (Å²) in [5, 5.41) is 3.49. The minimum absolute atomic E-state index is 0.109. The van der Waals surface area contributed by atoms with Crippen LogP contribution in [0.3, 0.4) is 0 Å². The minimum atomic E-state index is 0.109. The van der Waals surface area contributed by atoms with Gasteiger partial charge in [0.15, 0.2) is 11.5 Å². The lowest BCUT2D eigenvalue weighted by atomic mass is 10.0. The first-order valence-corrected chi connectivity index (χ1v) is 7.17. The summed E-state index contributed by atoms with van der Waals surface area (Å²) in [7, 11) is 0. The van der Waals surface area contributed by atoms with Gasteiger partial charge in [-0.1, -0.05) is 22.0 Å². The Kier molecular flexibility index (Phi) is 2.73. The van der Waals surface area contributed by atoms with Gasteiger partial charge in [0.2, 0.25) is 6.79 Å². The molecule has 4 rings (SSSR count). The van der Waals surface area contributed by atoms with Crippen LogP contribution in [0.5, 0.6) is 17.2 Å². The van der Waals surface area contributed by atoms with Crippen LogP contribution in [0, 0.1) is 0 Å². The van der Waals surface area contributed by atoms with Gasteiger partial charge in [0, 0.05) is 4.47 Å². The molecule has 0 radical (unpaired) electrons. The first kappa shape index (κ1) is 11.9. The van der Waals surface area contributed by atoms with Crippen molar-refractivity contribution in [1.29, 1.82) is 0 Å². The fourth-order valence-corrected chi connectivity index (χ4v) is 2.79. The van der Waals surface area contributed by atoms with Crippen molar-refractivity contribution in [2.24, 2.45) is 0 Å². The number of ether oxygens (including phenoxy) is 3. The molecule has 0 aromatic heterocycles. The maximum absolute atomic E-state index is 5.83. The second kappa shape index (κ2) is 4.59. The number of hydrogen-bond acceptors (Lipinski definition) is 4. The number of benzene rings is 2. The molecule has 0 aliphatic carbocycles. The molecule has 5 heteroatoms.